The van der Waals surface area contributed by atoms with Gasteiger partial charge in [-0.1, -0.05) is 47.1 Å². The van der Waals surface area contributed by atoms with Gasteiger partial charge < -0.3 is 44.8 Å². The lowest BCUT2D eigenvalue weighted by atomic mass is 10.0. The van der Waals surface area contributed by atoms with Crippen LogP contribution in [0.1, 0.15) is 34.5 Å². The summed E-state index contributed by atoms with van der Waals surface area (Å²) < 4.78 is 1.60. The zero-order valence-electron chi connectivity index (χ0n) is 28.9. The fraction of sp³-hybridized carbons (Fsp3) is 0.514. The van der Waals surface area contributed by atoms with Crippen molar-refractivity contribution in [2.24, 2.45) is 7.05 Å². The minimum Gasteiger partial charge on any atom is -0.394 e. The van der Waals surface area contributed by atoms with Crippen LogP contribution < -0.4 is 9.80 Å². The van der Waals surface area contributed by atoms with Crippen molar-refractivity contribution in [3.05, 3.63) is 69.5 Å². The van der Waals surface area contributed by atoms with Gasteiger partial charge in [0.25, 0.3) is 5.91 Å². The molecule has 52 heavy (non-hydrogen) atoms. The molecular weight excluding hydrogens is 751 g/mol. The number of halogens is 2. The first-order valence-corrected chi connectivity index (χ1v) is 20.0. The third kappa shape index (κ3) is 8.38. The van der Waals surface area contributed by atoms with Crippen LogP contribution in [0.15, 0.2) is 47.8 Å². The second-order valence-electron chi connectivity index (χ2n) is 13.5. The number of thioether (sulfide) groups is 2. The van der Waals surface area contributed by atoms with Crippen molar-refractivity contribution >= 4 is 69.9 Å². The molecule has 2 aliphatic heterocycles. The van der Waals surface area contributed by atoms with E-state index in [1.54, 1.807) is 23.4 Å². The molecule has 3 aromatic rings. The monoisotopic (exact) mass is 794 g/mol. The molecule has 5 N–H and O–H groups in total. The molecule has 5 atom stereocenters. The summed E-state index contributed by atoms with van der Waals surface area (Å²) in [6, 6.07) is 12.2. The van der Waals surface area contributed by atoms with Gasteiger partial charge in [-0.2, -0.15) is 0 Å². The van der Waals surface area contributed by atoms with Crippen LogP contribution in [0.4, 0.5) is 11.4 Å². The van der Waals surface area contributed by atoms with Crippen molar-refractivity contribution in [3.63, 3.8) is 0 Å². The number of rotatable bonds is 14. The zero-order chi connectivity index (χ0) is 37.3. The van der Waals surface area contributed by atoms with Crippen molar-refractivity contribution in [2.45, 2.75) is 66.8 Å². The summed E-state index contributed by atoms with van der Waals surface area (Å²) in [7, 11) is 3.10. The van der Waals surface area contributed by atoms with Crippen molar-refractivity contribution in [1.29, 1.82) is 0 Å². The van der Waals surface area contributed by atoms with Gasteiger partial charge in [-0.3, -0.25) is 14.5 Å². The summed E-state index contributed by atoms with van der Waals surface area (Å²) in [6.45, 7) is 0.829. The summed E-state index contributed by atoms with van der Waals surface area (Å²) >= 11 is 16.7. The number of benzene rings is 2. The quantitative estimate of drug-likeness (QED) is 0.152. The Kier molecular flexibility index (Phi) is 12.7. The Hall–Kier alpha value is -2.57. The van der Waals surface area contributed by atoms with Crippen LogP contribution in [-0.2, 0) is 24.1 Å². The molecule has 1 aliphatic carbocycles. The van der Waals surface area contributed by atoms with Crippen molar-refractivity contribution < 1.29 is 35.1 Å². The van der Waals surface area contributed by atoms with E-state index in [0.29, 0.717) is 51.7 Å². The Morgan fingerprint density at radius 1 is 1.02 bits per heavy atom. The normalized spacial score (nSPS) is 20.1. The van der Waals surface area contributed by atoms with Crippen LogP contribution >= 0.6 is 46.7 Å². The van der Waals surface area contributed by atoms with E-state index in [1.807, 2.05) is 35.2 Å². The smallest absolute Gasteiger partial charge is 0.271 e. The van der Waals surface area contributed by atoms with Gasteiger partial charge in [0.05, 0.1) is 30.2 Å². The van der Waals surface area contributed by atoms with E-state index in [4.69, 9.17) is 28.3 Å². The molecule has 6 rings (SSSR count). The maximum atomic E-state index is 14.0. The molecular formula is C35H44Cl2N6O7S2. The molecule has 0 bridgehead atoms. The number of aromatic nitrogens is 2. The number of nitrogens with zero attached hydrogens (tertiary/aromatic N) is 6. The van der Waals surface area contributed by atoms with Crippen LogP contribution in [0.5, 0.6) is 0 Å². The predicted octanol–water partition coefficient (Wildman–Crippen LogP) is 2.42. The Labute approximate surface area is 321 Å². The molecule has 2 aromatic carbocycles. The molecule has 0 spiro atoms. The van der Waals surface area contributed by atoms with E-state index in [2.05, 4.69) is 20.9 Å². The van der Waals surface area contributed by atoms with Gasteiger partial charge in [0, 0.05) is 73.7 Å². The van der Waals surface area contributed by atoms with Gasteiger partial charge in [0.2, 0.25) is 5.91 Å². The van der Waals surface area contributed by atoms with Crippen LogP contribution in [0.25, 0.3) is 0 Å². The van der Waals surface area contributed by atoms with E-state index in [-0.39, 0.29) is 24.2 Å². The Balaban J connectivity index is 1.06. The van der Waals surface area contributed by atoms with Crippen molar-refractivity contribution in [1.82, 2.24) is 19.4 Å². The molecule has 2 fully saturated rings. The van der Waals surface area contributed by atoms with Crippen molar-refractivity contribution in [3.8, 4) is 0 Å². The van der Waals surface area contributed by atoms with Gasteiger partial charge in [-0.05, 0) is 48.2 Å². The number of aliphatic hydroxyl groups excluding tert-OH is 5. The topological polar surface area (TPSA) is 166 Å². The predicted molar refractivity (Wildman–Crippen MR) is 203 cm³/mol. The molecule has 1 saturated heterocycles. The van der Waals surface area contributed by atoms with Gasteiger partial charge in [0.1, 0.15) is 30.1 Å². The minimum atomic E-state index is -1.79. The Morgan fingerprint density at radius 3 is 2.40 bits per heavy atom. The molecule has 1 saturated carbocycles. The SMILES string of the molecule is CN(C[C@H](O)[C@@H](O)[C@H](O)[C@H](O)CO)C(=O)c1cnc(SCc2cc(Cl)c(CN3CSC[C@H]3C(=O)N3CCN(C4CC4)c4ccccc43)cc2Cl)n1C. The largest absolute Gasteiger partial charge is 0.394 e. The van der Waals surface area contributed by atoms with Crippen LogP contribution in [-0.4, -0.2) is 138 Å². The summed E-state index contributed by atoms with van der Waals surface area (Å²) in [5.41, 5.74) is 3.95. The van der Waals surface area contributed by atoms with E-state index >= 15 is 0 Å². The maximum absolute atomic E-state index is 14.0. The first-order chi connectivity index (χ1) is 24.9. The highest BCUT2D eigenvalue weighted by molar-refractivity contribution is 7.99. The lowest BCUT2D eigenvalue weighted by molar-refractivity contribution is -0.122. The average Bonchev–Trinajstić information content (AvgIpc) is 3.78. The van der Waals surface area contributed by atoms with E-state index in [0.717, 1.165) is 33.9 Å². The first kappa shape index (κ1) is 39.1. The summed E-state index contributed by atoms with van der Waals surface area (Å²) in [5.74, 6) is 1.43. The Bertz CT molecular complexity index is 1770. The van der Waals surface area contributed by atoms with Gasteiger partial charge in [0.15, 0.2) is 5.16 Å². The number of para-hydroxylation sites is 2. The van der Waals surface area contributed by atoms with Crippen molar-refractivity contribution in [2.75, 3.05) is 54.7 Å². The molecule has 2 amide bonds. The summed E-state index contributed by atoms with van der Waals surface area (Å²) in [6.07, 6.45) is -2.99. The molecule has 0 radical (unpaired) electrons. The lowest BCUT2D eigenvalue weighted by Gasteiger charge is -2.39. The standard InChI is InChI=1S/C35H44Cl2N6O7S2/c1-39(15-29(45)31(47)32(48)30(46)16-44)33(49)27-13-38-35(40(27)2)52-17-21-12-23(36)20(11-24(21)37)14-41-19-51-18-28(41)34(50)43-10-9-42(22-7-8-22)25-5-3-4-6-26(25)43/h3-6,11-13,22,28-32,44-48H,7-10,14-19H2,1-2H3/t28-,29-,30+,31+,32+/m0/s1. The van der Waals surface area contributed by atoms with Crippen LogP contribution in [0.3, 0.4) is 0 Å². The van der Waals surface area contributed by atoms with Gasteiger partial charge in [-0.25, -0.2) is 4.98 Å². The van der Waals surface area contributed by atoms with E-state index < -0.39 is 36.9 Å². The molecule has 0 unspecified atom stereocenters. The highest BCUT2D eigenvalue weighted by Crippen LogP contribution is 2.41. The minimum absolute atomic E-state index is 0.104. The molecule has 282 valence electrons. The molecule has 3 aliphatic rings. The molecule has 3 heterocycles. The number of anilines is 2. The average molecular weight is 796 g/mol. The summed E-state index contributed by atoms with van der Waals surface area (Å²) in [4.78, 5) is 39.3. The number of carbonyl (C=O) groups is 2. The number of imidazole rings is 1. The highest BCUT2D eigenvalue weighted by atomic mass is 35.5. The highest BCUT2D eigenvalue weighted by Gasteiger charge is 2.40. The fourth-order valence-electron chi connectivity index (χ4n) is 6.60. The first-order valence-electron chi connectivity index (χ1n) is 17.1. The third-order valence-corrected chi connectivity index (χ3v) is 12.7. The van der Waals surface area contributed by atoms with Gasteiger partial charge >= 0.3 is 0 Å². The maximum Gasteiger partial charge on any atom is 0.271 e. The van der Waals surface area contributed by atoms with Crippen LogP contribution in [0.2, 0.25) is 10.0 Å². The lowest BCUT2D eigenvalue weighted by Crippen LogP contribution is -2.52. The number of hydrogen-bond donors (Lipinski definition) is 5. The third-order valence-electron chi connectivity index (χ3n) is 9.80. The van der Waals surface area contributed by atoms with Gasteiger partial charge in [-0.15, -0.1) is 11.8 Å². The summed E-state index contributed by atoms with van der Waals surface area (Å²) in [5, 5.41) is 50.5. The molecule has 1 aromatic heterocycles. The number of fused-ring (bicyclic) bond motifs is 1. The van der Waals surface area contributed by atoms with E-state index in [1.165, 1.54) is 37.8 Å². The van der Waals surface area contributed by atoms with Crippen LogP contribution in [0, 0.1) is 0 Å². The molecule has 17 heteroatoms. The Morgan fingerprint density at radius 2 is 1.69 bits per heavy atom. The molecule has 13 nitrogen and oxygen atoms in total. The van der Waals surface area contributed by atoms with E-state index in [9.17, 15) is 30.0 Å². The number of amides is 2. The second-order valence-corrected chi connectivity index (χ2v) is 16.2. The fourth-order valence-corrected chi connectivity index (χ4v) is 9.31. The number of carbonyl (C=O) groups excluding carboxylic acids is 2. The number of aliphatic hydroxyl groups is 5. The number of likely N-dealkylation sites (N-methyl/N-ethyl adjacent to an activating group) is 1. The number of hydrogen-bond acceptors (Lipinski definition) is 12. The zero-order valence-corrected chi connectivity index (χ0v) is 32.0. The second kappa shape index (κ2) is 16.8.